The average Bonchev–Trinajstić information content (AvgIpc) is 3.35. The first kappa shape index (κ1) is 19.8. The number of nitrogens with zero attached hydrogens (tertiary/aromatic N) is 4. The molecule has 2 aromatic rings. The number of hydrogen-bond donors (Lipinski definition) is 1. The van der Waals surface area contributed by atoms with E-state index >= 15 is 0 Å². The van der Waals surface area contributed by atoms with E-state index in [0.29, 0.717) is 34.0 Å². The molecule has 1 aliphatic heterocycles. The maximum atomic E-state index is 12.6. The zero-order valence-electron chi connectivity index (χ0n) is 15.4. The van der Waals surface area contributed by atoms with Crippen LogP contribution in [-0.4, -0.2) is 53.9 Å². The summed E-state index contributed by atoms with van der Waals surface area (Å²) in [4.78, 5) is 30.8. The van der Waals surface area contributed by atoms with Gasteiger partial charge in [-0.25, -0.2) is 4.98 Å². The number of carbonyl (C=O) groups excluding carboxylic acids is 2. The van der Waals surface area contributed by atoms with Crippen molar-refractivity contribution >= 4 is 44.8 Å². The minimum atomic E-state index is -0.318. The Kier molecular flexibility index (Phi) is 6.47. The third-order valence-electron chi connectivity index (χ3n) is 3.99. The molecule has 11 heteroatoms. The predicted molar refractivity (Wildman–Crippen MR) is 103 cm³/mol. The van der Waals surface area contributed by atoms with Crippen molar-refractivity contribution in [3.63, 3.8) is 0 Å². The Morgan fingerprint density at radius 3 is 2.85 bits per heavy atom. The molecule has 9 nitrogen and oxygen atoms in total. The summed E-state index contributed by atoms with van der Waals surface area (Å²) in [6.07, 6.45) is 1.89. The highest BCUT2D eigenvalue weighted by Gasteiger charge is 2.24. The molecule has 1 N–H and O–H groups in total. The lowest BCUT2D eigenvalue weighted by Crippen LogP contribution is -2.31. The van der Waals surface area contributed by atoms with Crippen molar-refractivity contribution in [3.8, 4) is 0 Å². The zero-order valence-corrected chi connectivity index (χ0v) is 17.0. The summed E-state index contributed by atoms with van der Waals surface area (Å²) in [6.45, 7) is 4.68. The predicted octanol–water partition coefficient (Wildman–Crippen LogP) is 2.41. The highest BCUT2D eigenvalue weighted by molar-refractivity contribution is 7.18. The molecular formula is C16H21N5O4S2. The Morgan fingerprint density at radius 2 is 2.19 bits per heavy atom. The van der Waals surface area contributed by atoms with Gasteiger partial charge in [-0.05, 0) is 19.8 Å². The Hall–Kier alpha value is -1.95. The van der Waals surface area contributed by atoms with Crippen LogP contribution in [0.3, 0.4) is 0 Å². The van der Waals surface area contributed by atoms with Crippen molar-refractivity contribution in [1.29, 1.82) is 0 Å². The molecule has 27 heavy (non-hydrogen) atoms. The Bertz CT molecular complexity index is 816. The monoisotopic (exact) mass is 411 g/mol. The smallest absolute Gasteiger partial charge is 0.269 e. The molecule has 0 radical (unpaired) electrons. The molecule has 1 aliphatic rings. The number of carbonyl (C=O) groups is 2. The van der Waals surface area contributed by atoms with Gasteiger partial charge in [-0.3, -0.25) is 19.8 Å². The molecule has 1 fully saturated rings. The van der Waals surface area contributed by atoms with E-state index in [1.807, 2.05) is 0 Å². The number of amides is 2. The van der Waals surface area contributed by atoms with Crippen LogP contribution in [0.15, 0.2) is 0 Å². The van der Waals surface area contributed by atoms with Gasteiger partial charge in [-0.15, -0.1) is 10.2 Å². The second-order valence-electron chi connectivity index (χ2n) is 5.98. The maximum Gasteiger partial charge on any atom is 0.269 e. The van der Waals surface area contributed by atoms with Gasteiger partial charge in [0.2, 0.25) is 11.0 Å². The first-order valence-electron chi connectivity index (χ1n) is 8.50. The molecule has 2 amide bonds. The normalized spacial score (nSPS) is 16.5. The summed E-state index contributed by atoms with van der Waals surface area (Å²) < 4.78 is 10.6. The minimum Gasteiger partial charge on any atom is -0.383 e. The van der Waals surface area contributed by atoms with E-state index < -0.39 is 0 Å². The second kappa shape index (κ2) is 8.83. The fraction of sp³-hybridized carbons (Fsp3) is 0.562. The lowest BCUT2D eigenvalue weighted by atomic mass is 10.2. The van der Waals surface area contributed by atoms with Gasteiger partial charge < -0.3 is 9.47 Å². The van der Waals surface area contributed by atoms with Crippen molar-refractivity contribution in [1.82, 2.24) is 15.2 Å². The minimum absolute atomic E-state index is 0.0326. The number of rotatable bonds is 7. The number of ether oxygens (including phenoxy) is 2. The van der Waals surface area contributed by atoms with Crippen molar-refractivity contribution in [3.05, 3.63) is 15.6 Å². The molecule has 0 aliphatic carbocycles. The Morgan fingerprint density at radius 1 is 1.37 bits per heavy atom. The van der Waals surface area contributed by atoms with Crippen LogP contribution in [0, 0.1) is 6.92 Å². The Balaban J connectivity index is 1.71. The lowest BCUT2D eigenvalue weighted by Gasteiger charge is -2.16. The largest absolute Gasteiger partial charge is 0.383 e. The van der Waals surface area contributed by atoms with E-state index in [-0.39, 0.29) is 17.9 Å². The van der Waals surface area contributed by atoms with Crippen molar-refractivity contribution in [2.45, 2.75) is 32.8 Å². The number of methoxy groups -OCH3 is 1. The third-order valence-corrected chi connectivity index (χ3v) is 6.10. The topological polar surface area (TPSA) is 107 Å². The van der Waals surface area contributed by atoms with Gasteiger partial charge in [0.1, 0.15) is 16.0 Å². The van der Waals surface area contributed by atoms with Crippen LogP contribution in [0.2, 0.25) is 0 Å². The highest BCUT2D eigenvalue weighted by atomic mass is 32.1. The second-order valence-corrected chi connectivity index (χ2v) is 7.96. The number of thiazole rings is 1. The van der Waals surface area contributed by atoms with Gasteiger partial charge in [0.15, 0.2) is 5.13 Å². The van der Waals surface area contributed by atoms with Crippen molar-refractivity contribution in [2.75, 3.05) is 37.1 Å². The number of hydrogen-bond acceptors (Lipinski definition) is 9. The number of aryl methyl sites for hydroxylation is 1. The molecule has 0 unspecified atom stereocenters. The van der Waals surface area contributed by atoms with Crippen molar-refractivity contribution < 1.29 is 19.1 Å². The summed E-state index contributed by atoms with van der Waals surface area (Å²) in [7, 11) is 1.57. The van der Waals surface area contributed by atoms with Crippen LogP contribution in [0.5, 0.6) is 0 Å². The molecule has 1 atom stereocenters. The van der Waals surface area contributed by atoms with E-state index in [9.17, 15) is 9.59 Å². The summed E-state index contributed by atoms with van der Waals surface area (Å²) >= 11 is 2.48. The first-order chi connectivity index (χ1) is 13.0. The Labute approximate surface area is 164 Å². The van der Waals surface area contributed by atoms with Gasteiger partial charge >= 0.3 is 0 Å². The SMILES string of the molecule is COCCN(C(C)=O)c1nc(C)c(C(=O)Nc2nnc([C@@H]3CCCO3)s2)s1. The quantitative estimate of drug-likeness (QED) is 0.745. The molecule has 0 saturated carbocycles. The molecule has 146 valence electrons. The van der Waals surface area contributed by atoms with E-state index in [0.717, 1.165) is 35.8 Å². The van der Waals surface area contributed by atoms with Crippen LogP contribution < -0.4 is 10.2 Å². The van der Waals surface area contributed by atoms with E-state index in [1.165, 1.54) is 23.2 Å². The van der Waals surface area contributed by atoms with Crippen LogP contribution in [-0.2, 0) is 14.3 Å². The van der Waals surface area contributed by atoms with Gasteiger partial charge in [-0.1, -0.05) is 22.7 Å². The molecule has 0 bridgehead atoms. The summed E-state index contributed by atoms with van der Waals surface area (Å²) in [5.41, 5.74) is 0.556. The summed E-state index contributed by atoms with van der Waals surface area (Å²) in [5, 5.41) is 12.6. The molecule has 2 aromatic heterocycles. The van der Waals surface area contributed by atoms with Crippen molar-refractivity contribution in [2.24, 2.45) is 0 Å². The zero-order chi connectivity index (χ0) is 19.4. The summed E-state index contributed by atoms with van der Waals surface area (Å²) in [6, 6.07) is 0. The van der Waals surface area contributed by atoms with Gasteiger partial charge in [0, 0.05) is 20.6 Å². The maximum absolute atomic E-state index is 12.6. The molecule has 0 spiro atoms. The molecular weight excluding hydrogens is 390 g/mol. The van der Waals surface area contributed by atoms with Gasteiger partial charge in [0.25, 0.3) is 5.91 Å². The fourth-order valence-electron chi connectivity index (χ4n) is 2.62. The molecule has 3 rings (SSSR count). The van der Waals surface area contributed by atoms with Crippen LogP contribution in [0.4, 0.5) is 10.3 Å². The van der Waals surface area contributed by atoms with Crippen LogP contribution >= 0.6 is 22.7 Å². The number of aromatic nitrogens is 3. The highest BCUT2D eigenvalue weighted by Crippen LogP contribution is 2.32. The van der Waals surface area contributed by atoms with E-state index in [2.05, 4.69) is 20.5 Å². The molecule has 0 aromatic carbocycles. The van der Waals surface area contributed by atoms with Crippen LogP contribution in [0.1, 0.15) is 46.2 Å². The van der Waals surface area contributed by atoms with E-state index in [1.54, 1.807) is 14.0 Å². The third kappa shape index (κ3) is 4.67. The molecule has 1 saturated heterocycles. The first-order valence-corrected chi connectivity index (χ1v) is 10.1. The summed E-state index contributed by atoms with van der Waals surface area (Å²) in [5.74, 6) is -0.473. The number of anilines is 2. The average molecular weight is 412 g/mol. The standard InChI is InChI=1S/C16H21N5O4S2/c1-9-12(26-16(17-9)21(10(2)22)6-8-24-3)13(23)18-15-20-19-14(27-15)11-5-4-7-25-11/h11H,4-8H2,1-3H3,(H,18,20,23)/t11-/m0/s1. The lowest BCUT2D eigenvalue weighted by molar-refractivity contribution is -0.116. The van der Waals surface area contributed by atoms with Crippen LogP contribution in [0.25, 0.3) is 0 Å². The van der Waals surface area contributed by atoms with E-state index in [4.69, 9.17) is 9.47 Å². The van der Waals surface area contributed by atoms with Gasteiger partial charge in [0.05, 0.1) is 18.8 Å². The number of nitrogens with one attached hydrogen (secondary N) is 1. The fourth-order valence-corrected chi connectivity index (χ4v) is 4.47. The molecule has 3 heterocycles. The van der Waals surface area contributed by atoms with Gasteiger partial charge in [-0.2, -0.15) is 0 Å².